The van der Waals surface area contributed by atoms with Gasteiger partial charge in [-0.2, -0.15) is 0 Å². The lowest BCUT2D eigenvalue weighted by atomic mass is 9.88. The third-order valence-electron chi connectivity index (χ3n) is 6.85. The summed E-state index contributed by atoms with van der Waals surface area (Å²) in [5.74, 6) is 0.974. The molecule has 0 spiro atoms. The van der Waals surface area contributed by atoms with E-state index in [0.29, 0.717) is 18.9 Å². The molecule has 0 aliphatic heterocycles. The lowest BCUT2D eigenvalue weighted by Crippen LogP contribution is -2.32. The first-order valence-electron chi connectivity index (χ1n) is 12.8. The fourth-order valence-electron chi connectivity index (χ4n) is 4.88. The van der Waals surface area contributed by atoms with Crippen LogP contribution >= 0.6 is 0 Å². The Labute approximate surface area is 214 Å². The number of pyridine rings is 2. The van der Waals surface area contributed by atoms with E-state index in [1.807, 2.05) is 61.4 Å². The van der Waals surface area contributed by atoms with Crippen LogP contribution < -0.4 is 15.0 Å². The van der Waals surface area contributed by atoms with Crippen molar-refractivity contribution >= 4 is 22.5 Å². The summed E-state index contributed by atoms with van der Waals surface area (Å²) in [5, 5.41) is 4.10. The molecule has 4 rings (SSSR count). The molecule has 0 bridgehead atoms. The number of aromatic nitrogens is 2. The molecule has 0 saturated heterocycles. The third kappa shape index (κ3) is 5.76. The van der Waals surface area contributed by atoms with Crippen LogP contribution in [0.25, 0.3) is 10.9 Å². The Bertz CT molecular complexity index is 1260. The molecule has 2 heterocycles. The highest BCUT2D eigenvalue weighted by Gasteiger charge is 2.21. The van der Waals surface area contributed by atoms with Gasteiger partial charge in [0.15, 0.2) is 0 Å². The van der Waals surface area contributed by atoms with E-state index in [-0.39, 0.29) is 11.8 Å². The number of carbonyl (C=O) groups excluding carboxylic acids is 1. The maximum Gasteiger partial charge on any atom is 0.223 e. The van der Waals surface area contributed by atoms with Crippen molar-refractivity contribution in [2.75, 3.05) is 4.90 Å². The molecule has 3 aromatic rings. The van der Waals surface area contributed by atoms with Gasteiger partial charge in [-0.05, 0) is 57.4 Å². The minimum absolute atomic E-state index is 0.125. The zero-order valence-corrected chi connectivity index (χ0v) is 21.6. The van der Waals surface area contributed by atoms with Gasteiger partial charge in [0.05, 0.1) is 17.9 Å². The molecule has 2 aromatic heterocycles. The Kier molecular flexibility index (Phi) is 8.36. The van der Waals surface area contributed by atoms with Gasteiger partial charge in [-0.25, -0.2) is 4.98 Å². The van der Waals surface area contributed by atoms with E-state index in [4.69, 9.17) is 9.72 Å². The van der Waals surface area contributed by atoms with Crippen LogP contribution in [0.1, 0.15) is 61.5 Å². The summed E-state index contributed by atoms with van der Waals surface area (Å²) in [4.78, 5) is 24.1. The first kappa shape index (κ1) is 25.4. The zero-order chi connectivity index (χ0) is 25.5. The van der Waals surface area contributed by atoms with Crippen molar-refractivity contribution < 1.29 is 9.53 Å². The summed E-state index contributed by atoms with van der Waals surface area (Å²) in [5.41, 5.74) is 5.62. The number of rotatable bonds is 9. The number of nitrogens with one attached hydrogen (secondary N) is 1. The van der Waals surface area contributed by atoms with Gasteiger partial charge >= 0.3 is 0 Å². The second-order valence-corrected chi connectivity index (χ2v) is 9.40. The van der Waals surface area contributed by atoms with Crippen molar-refractivity contribution in [3.05, 3.63) is 84.1 Å². The highest BCUT2D eigenvalue weighted by Crippen LogP contribution is 2.33. The standard InChI is InChI=1S/C30H36N4O2/c1-5-17-34(6-2)27-18-22(4)33-29-24(27)13-10-14-28(29)36-20-25-21(3)15-16-31-26(25)19-32-30(35)23-11-8-7-9-12-23/h5-6,10,13-18,23H,2,7-9,11-12,19-20H2,1,3-4H3,(H,32,35)/b17-5-. The monoisotopic (exact) mass is 484 g/mol. The van der Waals surface area contributed by atoms with Gasteiger partial charge in [-0.1, -0.05) is 44.1 Å². The molecule has 1 amide bonds. The first-order valence-corrected chi connectivity index (χ1v) is 12.8. The Morgan fingerprint density at radius 3 is 2.78 bits per heavy atom. The summed E-state index contributed by atoms with van der Waals surface area (Å²) in [7, 11) is 0. The average molecular weight is 485 g/mol. The van der Waals surface area contributed by atoms with Crippen molar-refractivity contribution in [1.82, 2.24) is 15.3 Å². The van der Waals surface area contributed by atoms with Gasteiger partial charge in [0.1, 0.15) is 17.9 Å². The number of fused-ring (bicyclic) bond motifs is 1. The smallest absolute Gasteiger partial charge is 0.223 e. The zero-order valence-electron chi connectivity index (χ0n) is 21.6. The number of carbonyl (C=O) groups is 1. The van der Waals surface area contributed by atoms with Gasteiger partial charge in [0.2, 0.25) is 5.91 Å². The largest absolute Gasteiger partial charge is 0.487 e. The number of amides is 1. The number of hydrogen-bond donors (Lipinski definition) is 1. The third-order valence-corrected chi connectivity index (χ3v) is 6.85. The number of hydrogen-bond acceptors (Lipinski definition) is 5. The van der Waals surface area contributed by atoms with E-state index in [1.54, 1.807) is 12.4 Å². The number of ether oxygens (including phenoxy) is 1. The van der Waals surface area contributed by atoms with E-state index in [2.05, 4.69) is 23.8 Å². The number of benzene rings is 1. The number of nitrogens with zero attached hydrogens (tertiary/aromatic N) is 3. The number of aryl methyl sites for hydroxylation is 2. The number of allylic oxidation sites excluding steroid dienone is 1. The second-order valence-electron chi connectivity index (χ2n) is 9.40. The van der Waals surface area contributed by atoms with Crippen LogP contribution in [-0.4, -0.2) is 15.9 Å². The summed E-state index contributed by atoms with van der Waals surface area (Å²) < 4.78 is 6.36. The lowest BCUT2D eigenvalue weighted by molar-refractivity contribution is -0.126. The number of anilines is 1. The van der Waals surface area contributed by atoms with E-state index in [9.17, 15) is 4.79 Å². The molecule has 1 saturated carbocycles. The van der Waals surface area contributed by atoms with Crippen LogP contribution in [0.3, 0.4) is 0 Å². The molecule has 6 heteroatoms. The van der Waals surface area contributed by atoms with E-state index in [0.717, 1.165) is 64.8 Å². The predicted octanol–water partition coefficient (Wildman–Crippen LogP) is 6.51. The molecule has 1 aromatic carbocycles. The van der Waals surface area contributed by atoms with Gasteiger partial charge in [-0.3, -0.25) is 9.78 Å². The Morgan fingerprint density at radius 1 is 1.22 bits per heavy atom. The minimum Gasteiger partial charge on any atom is -0.487 e. The molecule has 1 N–H and O–H groups in total. The Balaban J connectivity index is 1.56. The SMILES string of the molecule is C=CN(/C=C\C)c1cc(C)nc2c(OCc3c(C)ccnc3CNC(=O)C3CCCCC3)cccc12. The molecule has 0 atom stereocenters. The fraction of sp³-hybridized carbons (Fsp3) is 0.367. The van der Waals surface area contributed by atoms with Gasteiger partial charge in [0, 0.05) is 41.2 Å². The summed E-state index contributed by atoms with van der Waals surface area (Å²) in [6, 6.07) is 10.0. The normalized spacial score (nSPS) is 14.2. The molecular formula is C30H36N4O2. The Morgan fingerprint density at radius 2 is 2.03 bits per heavy atom. The molecule has 6 nitrogen and oxygen atoms in total. The fourth-order valence-corrected chi connectivity index (χ4v) is 4.88. The summed E-state index contributed by atoms with van der Waals surface area (Å²) in [6.45, 7) is 10.7. The molecule has 1 aliphatic carbocycles. The van der Waals surface area contributed by atoms with Crippen molar-refractivity contribution in [1.29, 1.82) is 0 Å². The van der Waals surface area contributed by atoms with Crippen molar-refractivity contribution in [3.8, 4) is 5.75 Å². The lowest BCUT2D eigenvalue weighted by Gasteiger charge is -2.21. The van der Waals surface area contributed by atoms with Crippen LogP contribution in [0.2, 0.25) is 0 Å². The summed E-state index contributed by atoms with van der Waals surface area (Å²) >= 11 is 0. The predicted molar refractivity (Wildman–Crippen MR) is 146 cm³/mol. The highest BCUT2D eigenvalue weighted by molar-refractivity contribution is 5.96. The molecule has 0 unspecified atom stereocenters. The topological polar surface area (TPSA) is 67.3 Å². The van der Waals surface area contributed by atoms with Crippen molar-refractivity contribution in [3.63, 3.8) is 0 Å². The quantitative estimate of drug-likeness (QED) is 0.375. The average Bonchev–Trinajstić information content (AvgIpc) is 2.90. The van der Waals surface area contributed by atoms with Crippen LogP contribution in [0.15, 0.2) is 61.6 Å². The molecule has 0 radical (unpaired) electrons. The molecule has 1 fully saturated rings. The van der Waals surface area contributed by atoms with Crippen molar-refractivity contribution in [2.45, 2.75) is 66.0 Å². The van der Waals surface area contributed by atoms with Gasteiger partial charge in [-0.15, -0.1) is 0 Å². The molecule has 1 aliphatic rings. The van der Waals surface area contributed by atoms with Crippen LogP contribution in [0, 0.1) is 19.8 Å². The van der Waals surface area contributed by atoms with Gasteiger partial charge in [0.25, 0.3) is 0 Å². The van der Waals surface area contributed by atoms with E-state index in [1.165, 1.54) is 6.42 Å². The van der Waals surface area contributed by atoms with Gasteiger partial charge < -0.3 is 15.0 Å². The maximum atomic E-state index is 12.7. The van der Waals surface area contributed by atoms with Crippen LogP contribution in [0.4, 0.5) is 5.69 Å². The van der Waals surface area contributed by atoms with E-state index < -0.39 is 0 Å². The maximum absolute atomic E-state index is 12.7. The highest BCUT2D eigenvalue weighted by atomic mass is 16.5. The molecule has 188 valence electrons. The second kappa shape index (κ2) is 11.8. The van der Waals surface area contributed by atoms with E-state index >= 15 is 0 Å². The minimum atomic E-state index is 0.125. The van der Waals surface area contributed by atoms with Crippen molar-refractivity contribution in [2.24, 2.45) is 5.92 Å². The Hall–Kier alpha value is -3.67. The van der Waals surface area contributed by atoms with Crippen LogP contribution in [0.5, 0.6) is 5.75 Å². The van der Waals surface area contributed by atoms with Crippen LogP contribution in [-0.2, 0) is 17.9 Å². The molecular weight excluding hydrogens is 448 g/mol. The summed E-state index contributed by atoms with van der Waals surface area (Å²) in [6.07, 6.45) is 13.0. The first-order chi connectivity index (χ1) is 17.5. The molecule has 36 heavy (non-hydrogen) atoms. The number of para-hydroxylation sites is 1.